The van der Waals surface area contributed by atoms with E-state index in [1.54, 1.807) is 12.1 Å². The number of carbonyl (C=O) groups is 1. The number of rotatable bonds is 2. The Morgan fingerprint density at radius 2 is 2.05 bits per heavy atom. The average Bonchev–Trinajstić information content (AvgIpc) is 2.47. The zero-order valence-corrected chi connectivity index (χ0v) is 11.6. The summed E-state index contributed by atoms with van der Waals surface area (Å²) >= 11 is 0. The van der Waals surface area contributed by atoms with Gasteiger partial charge in [0.2, 0.25) is 0 Å². The Morgan fingerprint density at radius 1 is 1.30 bits per heavy atom. The van der Waals surface area contributed by atoms with E-state index in [0.29, 0.717) is 24.5 Å². The molecule has 3 rings (SSSR count). The highest BCUT2D eigenvalue weighted by Gasteiger charge is 2.45. The van der Waals surface area contributed by atoms with Crippen LogP contribution in [0.2, 0.25) is 0 Å². The minimum atomic E-state index is -0.909. The lowest BCUT2D eigenvalue weighted by molar-refractivity contribution is -0.192. The van der Waals surface area contributed by atoms with Crippen LogP contribution in [-0.4, -0.2) is 25.0 Å². The number of cyclic esters (lactones) is 1. The predicted octanol–water partition coefficient (Wildman–Crippen LogP) is 3.02. The molecule has 0 aromatic heterocycles. The van der Waals surface area contributed by atoms with Crippen LogP contribution in [-0.2, 0) is 9.47 Å². The van der Waals surface area contributed by atoms with Crippen molar-refractivity contribution >= 4 is 12.0 Å². The second-order valence-corrected chi connectivity index (χ2v) is 5.32. The van der Waals surface area contributed by atoms with E-state index < -0.39 is 5.79 Å². The van der Waals surface area contributed by atoms with E-state index in [-0.39, 0.29) is 11.9 Å². The molecule has 106 valence electrons. The number of esters is 1. The van der Waals surface area contributed by atoms with Crippen LogP contribution in [0.4, 0.5) is 0 Å². The second-order valence-electron chi connectivity index (χ2n) is 5.32. The molecular weight excluding hydrogens is 256 g/mol. The number of hydrogen-bond donors (Lipinski definition) is 0. The summed E-state index contributed by atoms with van der Waals surface area (Å²) in [6, 6.07) is 5.49. The van der Waals surface area contributed by atoms with Crippen molar-refractivity contribution in [2.24, 2.45) is 5.92 Å². The summed E-state index contributed by atoms with van der Waals surface area (Å²) in [4.78, 5) is 12.3. The normalized spacial score (nSPS) is 26.4. The van der Waals surface area contributed by atoms with Gasteiger partial charge in [-0.05, 0) is 24.5 Å². The Labute approximate surface area is 118 Å². The summed E-state index contributed by atoms with van der Waals surface area (Å²) < 4.78 is 17.0. The molecule has 0 N–H and O–H groups in total. The van der Waals surface area contributed by atoms with Crippen molar-refractivity contribution < 1.29 is 19.0 Å². The van der Waals surface area contributed by atoms with Gasteiger partial charge in [0.15, 0.2) is 0 Å². The van der Waals surface area contributed by atoms with Gasteiger partial charge < -0.3 is 14.2 Å². The summed E-state index contributed by atoms with van der Waals surface area (Å²) in [6.07, 6.45) is 3.31. The number of fused-ring (bicyclic) bond motifs is 1. The van der Waals surface area contributed by atoms with Gasteiger partial charge in [0, 0.05) is 26.1 Å². The lowest BCUT2D eigenvalue weighted by Gasteiger charge is -2.41. The first kappa shape index (κ1) is 13.2. The van der Waals surface area contributed by atoms with Gasteiger partial charge in [-0.25, -0.2) is 4.79 Å². The Morgan fingerprint density at radius 3 is 2.75 bits per heavy atom. The van der Waals surface area contributed by atoms with Crippen molar-refractivity contribution in [3.63, 3.8) is 0 Å². The Hall–Kier alpha value is -1.81. The van der Waals surface area contributed by atoms with Gasteiger partial charge >= 0.3 is 5.97 Å². The topological polar surface area (TPSA) is 44.8 Å². The lowest BCUT2D eigenvalue weighted by atomic mass is 9.90. The van der Waals surface area contributed by atoms with Crippen molar-refractivity contribution in [1.29, 1.82) is 0 Å². The number of ether oxygens (including phenoxy) is 3. The molecule has 2 heterocycles. The molecule has 20 heavy (non-hydrogen) atoms. The Kier molecular flexibility index (Phi) is 3.26. The van der Waals surface area contributed by atoms with E-state index in [4.69, 9.17) is 14.2 Å². The van der Waals surface area contributed by atoms with E-state index in [1.165, 1.54) is 0 Å². The summed E-state index contributed by atoms with van der Waals surface area (Å²) in [7, 11) is 0. The van der Waals surface area contributed by atoms with Crippen LogP contribution in [0.15, 0.2) is 24.8 Å². The summed E-state index contributed by atoms with van der Waals surface area (Å²) in [5, 5.41) is 0. The molecule has 1 unspecified atom stereocenters. The van der Waals surface area contributed by atoms with E-state index >= 15 is 0 Å². The maximum atomic E-state index is 12.3. The smallest absolute Gasteiger partial charge is 0.345 e. The van der Waals surface area contributed by atoms with Gasteiger partial charge in [-0.2, -0.15) is 0 Å². The van der Waals surface area contributed by atoms with Crippen LogP contribution in [0.3, 0.4) is 0 Å². The maximum absolute atomic E-state index is 12.3. The first-order valence-corrected chi connectivity index (χ1v) is 6.89. The highest BCUT2D eigenvalue weighted by molar-refractivity contribution is 5.97. The third-order valence-corrected chi connectivity index (χ3v) is 4.05. The zero-order chi connectivity index (χ0) is 14.2. The van der Waals surface area contributed by atoms with Crippen molar-refractivity contribution in [2.45, 2.75) is 25.6 Å². The average molecular weight is 274 g/mol. The van der Waals surface area contributed by atoms with E-state index in [1.807, 2.05) is 19.1 Å². The van der Waals surface area contributed by atoms with E-state index in [9.17, 15) is 4.79 Å². The Bertz CT molecular complexity index is 545. The van der Waals surface area contributed by atoms with Gasteiger partial charge in [-0.1, -0.05) is 24.8 Å². The predicted molar refractivity (Wildman–Crippen MR) is 74.5 cm³/mol. The first-order chi connectivity index (χ1) is 9.64. The summed E-state index contributed by atoms with van der Waals surface area (Å²) in [5.74, 6) is -0.516. The fraction of sp³-hybridized carbons (Fsp3) is 0.438. The van der Waals surface area contributed by atoms with Crippen LogP contribution < -0.4 is 4.74 Å². The largest absolute Gasteiger partial charge is 0.451 e. The van der Waals surface area contributed by atoms with Crippen LogP contribution in [0.5, 0.6) is 5.75 Å². The fourth-order valence-electron chi connectivity index (χ4n) is 2.88. The number of hydrogen-bond acceptors (Lipinski definition) is 4. The van der Waals surface area contributed by atoms with Crippen molar-refractivity contribution in [1.82, 2.24) is 0 Å². The molecule has 0 saturated carbocycles. The molecule has 1 aromatic carbocycles. The minimum Gasteiger partial charge on any atom is -0.451 e. The molecule has 1 saturated heterocycles. The van der Waals surface area contributed by atoms with Crippen molar-refractivity contribution in [3.8, 4) is 5.75 Å². The lowest BCUT2D eigenvalue weighted by Crippen LogP contribution is -2.49. The maximum Gasteiger partial charge on any atom is 0.345 e. The molecule has 1 aromatic rings. The third kappa shape index (κ3) is 2.10. The Balaban J connectivity index is 1.96. The molecule has 1 atom stereocenters. The quantitative estimate of drug-likeness (QED) is 0.778. The molecule has 2 aliphatic rings. The summed E-state index contributed by atoms with van der Waals surface area (Å²) in [5.41, 5.74) is 1.20. The van der Waals surface area contributed by atoms with Gasteiger partial charge in [0.25, 0.3) is 5.79 Å². The monoisotopic (exact) mass is 274 g/mol. The van der Waals surface area contributed by atoms with Crippen LogP contribution in [0, 0.1) is 5.92 Å². The van der Waals surface area contributed by atoms with Gasteiger partial charge in [0.05, 0.1) is 0 Å². The molecule has 4 nitrogen and oxygen atoms in total. The zero-order valence-electron chi connectivity index (χ0n) is 11.6. The highest BCUT2D eigenvalue weighted by Crippen LogP contribution is 2.40. The molecular formula is C16H18O4. The molecule has 0 radical (unpaired) electrons. The van der Waals surface area contributed by atoms with E-state index in [0.717, 1.165) is 18.4 Å². The van der Waals surface area contributed by atoms with Crippen molar-refractivity contribution in [2.75, 3.05) is 13.2 Å². The third-order valence-electron chi connectivity index (χ3n) is 4.05. The van der Waals surface area contributed by atoms with Crippen LogP contribution in [0.25, 0.3) is 6.08 Å². The fourth-order valence-corrected chi connectivity index (χ4v) is 2.88. The highest BCUT2D eigenvalue weighted by atomic mass is 16.7. The molecule has 1 fully saturated rings. The molecule has 0 aliphatic carbocycles. The SMILES string of the molecule is C=Cc1cccc2c1C(=O)OC(C)(C1CCOCC1)O2. The molecule has 0 amide bonds. The van der Waals surface area contributed by atoms with Gasteiger partial charge in [-0.15, -0.1) is 0 Å². The first-order valence-electron chi connectivity index (χ1n) is 6.89. The van der Waals surface area contributed by atoms with Crippen LogP contribution in [0.1, 0.15) is 35.7 Å². The van der Waals surface area contributed by atoms with Crippen LogP contribution >= 0.6 is 0 Å². The molecule has 0 spiro atoms. The standard InChI is InChI=1S/C16H18O4/c1-3-11-5-4-6-13-14(11)15(17)20-16(2,19-13)12-7-9-18-10-8-12/h3-6,12H,1,7-10H2,2H3. The number of carbonyl (C=O) groups excluding carboxylic acids is 1. The van der Waals surface area contributed by atoms with E-state index in [2.05, 4.69) is 6.58 Å². The van der Waals surface area contributed by atoms with Gasteiger partial charge in [0.1, 0.15) is 11.3 Å². The molecule has 4 heteroatoms. The van der Waals surface area contributed by atoms with Crippen molar-refractivity contribution in [3.05, 3.63) is 35.9 Å². The van der Waals surface area contributed by atoms with Gasteiger partial charge in [-0.3, -0.25) is 0 Å². The molecule has 0 bridgehead atoms. The number of benzene rings is 1. The molecule has 2 aliphatic heterocycles. The second kappa shape index (κ2) is 4.94. The summed E-state index contributed by atoms with van der Waals surface area (Å²) in [6.45, 7) is 6.92. The minimum absolute atomic E-state index is 0.153.